The van der Waals surface area contributed by atoms with Crippen LogP contribution >= 0.6 is 0 Å². The average molecular weight is 434 g/mol. The summed E-state index contributed by atoms with van der Waals surface area (Å²) in [6.07, 6.45) is 0.537. The summed E-state index contributed by atoms with van der Waals surface area (Å²) in [5.74, 6) is -0.104. The van der Waals surface area contributed by atoms with Crippen LogP contribution < -0.4 is 15.5 Å². The Labute approximate surface area is 188 Å². The zero-order valence-electron chi connectivity index (χ0n) is 18.3. The lowest BCUT2D eigenvalue weighted by molar-refractivity contribution is 0.0986. The van der Waals surface area contributed by atoms with E-state index < -0.39 is 0 Å². The number of nitrogens with one attached hydrogen (secondary N) is 2. The molecule has 2 N–H and O–H groups in total. The fourth-order valence-corrected chi connectivity index (χ4v) is 3.27. The highest BCUT2D eigenvalue weighted by atomic mass is 19.1. The summed E-state index contributed by atoms with van der Waals surface area (Å²) in [5, 5.41) is 5.63. The molecule has 0 aliphatic heterocycles. The first kappa shape index (κ1) is 23.0. The number of carbonyl (C=O) groups excluding carboxylic acids is 2. The zero-order chi connectivity index (χ0) is 22.9. The zero-order valence-corrected chi connectivity index (χ0v) is 18.3. The molecule has 0 spiro atoms. The monoisotopic (exact) mass is 433 g/mol. The molecule has 0 fully saturated rings. The van der Waals surface area contributed by atoms with E-state index >= 15 is 0 Å². The van der Waals surface area contributed by atoms with E-state index in [4.69, 9.17) is 0 Å². The van der Waals surface area contributed by atoms with E-state index in [0.29, 0.717) is 36.7 Å². The molecule has 0 radical (unpaired) electrons. The van der Waals surface area contributed by atoms with Crippen LogP contribution in [-0.2, 0) is 0 Å². The fourth-order valence-electron chi connectivity index (χ4n) is 3.27. The van der Waals surface area contributed by atoms with Crippen LogP contribution in [0.3, 0.4) is 0 Å². The molecule has 32 heavy (non-hydrogen) atoms. The third-order valence-electron chi connectivity index (χ3n) is 5.08. The third kappa shape index (κ3) is 6.41. The second-order valence-electron chi connectivity index (χ2n) is 7.81. The molecule has 0 heterocycles. The van der Waals surface area contributed by atoms with E-state index in [0.717, 1.165) is 5.69 Å². The van der Waals surface area contributed by atoms with Crippen molar-refractivity contribution < 1.29 is 14.0 Å². The van der Waals surface area contributed by atoms with E-state index in [9.17, 15) is 14.0 Å². The molecule has 0 saturated heterocycles. The Morgan fingerprint density at radius 1 is 0.906 bits per heavy atom. The molecule has 6 heteroatoms. The van der Waals surface area contributed by atoms with Gasteiger partial charge < -0.3 is 15.5 Å². The van der Waals surface area contributed by atoms with Gasteiger partial charge in [0, 0.05) is 30.0 Å². The predicted molar refractivity (Wildman–Crippen MR) is 127 cm³/mol. The number of nitrogens with zero attached hydrogens (tertiary/aromatic N) is 1. The van der Waals surface area contributed by atoms with Crippen molar-refractivity contribution in [3.8, 4) is 0 Å². The summed E-state index contributed by atoms with van der Waals surface area (Å²) in [6.45, 7) is 5.00. The molecule has 3 amide bonds. The minimum Gasteiger partial charge on any atom is -0.338 e. The Morgan fingerprint density at radius 3 is 2.19 bits per heavy atom. The Bertz CT molecular complexity index is 1020. The highest BCUT2D eigenvalue weighted by molar-refractivity contribution is 6.06. The summed E-state index contributed by atoms with van der Waals surface area (Å²) in [5.41, 5.74) is 3.08. The van der Waals surface area contributed by atoms with Gasteiger partial charge in [-0.1, -0.05) is 44.2 Å². The van der Waals surface area contributed by atoms with Crippen molar-refractivity contribution in [1.82, 2.24) is 5.32 Å². The minimum atomic E-state index is -0.361. The molecule has 0 aliphatic rings. The SMILES string of the molecule is CC(C)c1ccc(NC(=O)NCCCN(C(=O)c2ccccc2)c2ccc(F)cc2)cc1. The van der Waals surface area contributed by atoms with Gasteiger partial charge in [0.15, 0.2) is 0 Å². The van der Waals surface area contributed by atoms with Gasteiger partial charge in [0.25, 0.3) is 5.91 Å². The highest BCUT2D eigenvalue weighted by Crippen LogP contribution is 2.19. The summed E-state index contributed by atoms with van der Waals surface area (Å²) in [6, 6.07) is 22.2. The van der Waals surface area contributed by atoms with E-state index in [-0.39, 0.29) is 17.8 Å². The molecular formula is C26H28FN3O2. The number of benzene rings is 3. The summed E-state index contributed by atoms with van der Waals surface area (Å²) in [4.78, 5) is 26.8. The molecule has 0 atom stereocenters. The van der Waals surface area contributed by atoms with Gasteiger partial charge in [-0.15, -0.1) is 0 Å². The smallest absolute Gasteiger partial charge is 0.319 e. The van der Waals surface area contributed by atoms with E-state index in [1.165, 1.54) is 17.7 Å². The third-order valence-corrected chi connectivity index (χ3v) is 5.08. The first-order chi connectivity index (χ1) is 15.4. The largest absolute Gasteiger partial charge is 0.338 e. The Hall–Kier alpha value is -3.67. The van der Waals surface area contributed by atoms with Gasteiger partial charge in [-0.3, -0.25) is 4.79 Å². The van der Waals surface area contributed by atoms with Crippen LogP contribution in [0, 0.1) is 5.82 Å². The van der Waals surface area contributed by atoms with Crippen LogP contribution in [0.1, 0.15) is 42.1 Å². The number of hydrogen-bond donors (Lipinski definition) is 2. The van der Waals surface area contributed by atoms with Crippen molar-refractivity contribution in [3.63, 3.8) is 0 Å². The summed E-state index contributed by atoms with van der Waals surface area (Å²) >= 11 is 0. The minimum absolute atomic E-state index is 0.174. The van der Waals surface area contributed by atoms with Crippen molar-refractivity contribution in [2.45, 2.75) is 26.2 Å². The van der Waals surface area contributed by atoms with Crippen molar-refractivity contribution >= 4 is 23.3 Å². The topological polar surface area (TPSA) is 61.4 Å². The maximum Gasteiger partial charge on any atom is 0.319 e. The molecule has 0 bridgehead atoms. The van der Waals surface area contributed by atoms with Crippen molar-refractivity contribution in [2.75, 3.05) is 23.3 Å². The molecule has 3 aromatic carbocycles. The van der Waals surface area contributed by atoms with Crippen LogP contribution in [-0.4, -0.2) is 25.0 Å². The Balaban J connectivity index is 1.56. The quantitative estimate of drug-likeness (QED) is 0.441. The van der Waals surface area contributed by atoms with Crippen molar-refractivity contribution in [2.24, 2.45) is 0 Å². The van der Waals surface area contributed by atoms with Gasteiger partial charge in [-0.05, 0) is 66.4 Å². The highest BCUT2D eigenvalue weighted by Gasteiger charge is 2.17. The van der Waals surface area contributed by atoms with E-state index in [2.05, 4.69) is 24.5 Å². The summed E-state index contributed by atoms with van der Waals surface area (Å²) < 4.78 is 13.4. The lowest BCUT2D eigenvalue weighted by atomic mass is 10.0. The second-order valence-corrected chi connectivity index (χ2v) is 7.81. The normalized spacial score (nSPS) is 10.6. The molecule has 5 nitrogen and oxygen atoms in total. The van der Waals surface area contributed by atoms with Crippen molar-refractivity contribution in [3.05, 3.63) is 95.8 Å². The predicted octanol–water partition coefficient (Wildman–Crippen LogP) is 5.81. The molecule has 0 unspecified atom stereocenters. The van der Waals surface area contributed by atoms with Gasteiger partial charge in [-0.2, -0.15) is 0 Å². The van der Waals surface area contributed by atoms with Crippen molar-refractivity contribution in [1.29, 1.82) is 0 Å². The van der Waals surface area contributed by atoms with Gasteiger partial charge in [0.2, 0.25) is 0 Å². The fraction of sp³-hybridized carbons (Fsp3) is 0.231. The molecule has 166 valence electrons. The lowest BCUT2D eigenvalue weighted by Crippen LogP contribution is -2.35. The standard InChI is InChI=1S/C26H28FN3O2/c1-19(2)20-9-13-23(14-10-20)29-26(32)28-17-6-18-30(24-15-11-22(27)12-16-24)25(31)21-7-4-3-5-8-21/h3-5,7-16,19H,6,17-18H2,1-2H3,(H2,28,29,32). The number of amides is 3. The molecule has 0 aromatic heterocycles. The van der Waals surface area contributed by atoms with Crippen LogP contribution in [0.15, 0.2) is 78.9 Å². The van der Waals surface area contributed by atoms with Gasteiger partial charge >= 0.3 is 6.03 Å². The van der Waals surface area contributed by atoms with E-state index in [1.807, 2.05) is 30.3 Å². The first-order valence-corrected chi connectivity index (χ1v) is 10.7. The maximum absolute atomic E-state index is 13.4. The lowest BCUT2D eigenvalue weighted by Gasteiger charge is -2.23. The van der Waals surface area contributed by atoms with Crippen LogP contribution in [0.2, 0.25) is 0 Å². The summed E-state index contributed by atoms with van der Waals surface area (Å²) in [7, 11) is 0. The number of halogens is 1. The van der Waals surface area contributed by atoms with Crippen LogP contribution in [0.25, 0.3) is 0 Å². The number of anilines is 2. The second kappa shape index (κ2) is 11.1. The molecule has 3 aromatic rings. The van der Waals surface area contributed by atoms with E-state index in [1.54, 1.807) is 41.3 Å². The van der Waals surface area contributed by atoms with Gasteiger partial charge in [0.1, 0.15) is 5.82 Å². The molecular weight excluding hydrogens is 405 g/mol. The number of urea groups is 1. The van der Waals surface area contributed by atoms with Gasteiger partial charge in [0.05, 0.1) is 0 Å². The first-order valence-electron chi connectivity index (χ1n) is 10.7. The number of rotatable bonds is 8. The molecule has 0 saturated carbocycles. The Morgan fingerprint density at radius 2 is 1.56 bits per heavy atom. The average Bonchev–Trinajstić information content (AvgIpc) is 2.80. The van der Waals surface area contributed by atoms with Crippen LogP contribution in [0.5, 0.6) is 0 Å². The molecule has 0 aliphatic carbocycles. The number of carbonyl (C=O) groups is 2. The number of hydrogen-bond acceptors (Lipinski definition) is 2. The molecule has 3 rings (SSSR count). The Kier molecular flexibility index (Phi) is 7.97. The van der Waals surface area contributed by atoms with Crippen LogP contribution in [0.4, 0.5) is 20.6 Å². The maximum atomic E-state index is 13.4. The van der Waals surface area contributed by atoms with Gasteiger partial charge in [-0.25, -0.2) is 9.18 Å².